The first kappa shape index (κ1) is 9.47. The minimum atomic E-state index is 0.560. The lowest BCUT2D eigenvalue weighted by molar-refractivity contribution is 0.0495. The molecule has 0 bridgehead atoms. The van der Waals surface area contributed by atoms with Crippen molar-refractivity contribution in [2.75, 3.05) is 13.2 Å². The van der Waals surface area contributed by atoms with Crippen molar-refractivity contribution in [3.05, 3.63) is 0 Å². The molecule has 0 aromatic heterocycles. The number of rotatable bonds is 5. The van der Waals surface area contributed by atoms with Gasteiger partial charge in [0.25, 0.3) is 0 Å². The Kier molecular flexibility index (Phi) is 3.23. The number of hydrogen-bond acceptors (Lipinski definition) is 2. The summed E-state index contributed by atoms with van der Waals surface area (Å²) < 4.78 is 5.86. The summed E-state index contributed by atoms with van der Waals surface area (Å²) in [5.74, 6) is 0.915. The Morgan fingerprint density at radius 1 is 1.23 bits per heavy atom. The molecule has 2 unspecified atom stereocenters. The van der Waals surface area contributed by atoms with Crippen LogP contribution >= 0.6 is 0 Å². The van der Waals surface area contributed by atoms with E-state index in [1.54, 1.807) is 0 Å². The van der Waals surface area contributed by atoms with Gasteiger partial charge in [0.2, 0.25) is 0 Å². The number of nitrogens with one attached hydrogen (secondary N) is 1. The summed E-state index contributed by atoms with van der Waals surface area (Å²) in [6, 6.07) is 0.731. The van der Waals surface area contributed by atoms with Crippen molar-refractivity contribution in [3.63, 3.8) is 0 Å². The fourth-order valence-electron chi connectivity index (χ4n) is 2.12. The van der Waals surface area contributed by atoms with Gasteiger partial charge in [-0.05, 0) is 44.6 Å². The number of hydrogen-bond donors (Lipinski definition) is 1. The van der Waals surface area contributed by atoms with E-state index >= 15 is 0 Å². The summed E-state index contributed by atoms with van der Waals surface area (Å²) in [5.41, 5.74) is 0. The molecule has 2 atom stereocenters. The molecular formula is C11H21NO. The Bertz CT molecular complexity index is 156. The average Bonchev–Trinajstić information content (AvgIpc) is 2.85. The van der Waals surface area contributed by atoms with Gasteiger partial charge in [-0.3, -0.25) is 0 Å². The fourth-order valence-corrected chi connectivity index (χ4v) is 2.12. The van der Waals surface area contributed by atoms with E-state index in [0.717, 1.165) is 25.1 Å². The average molecular weight is 183 g/mol. The largest absolute Gasteiger partial charge is 0.378 e. The van der Waals surface area contributed by atoms with Gasteiger partial charge in [0.05, 0.1) is 6.10 Å². The Morgan fingerprint density at radius 2 is 2.08 bits per heavy atom. The molecule has 0 aromatic rings. The smallest absolute Gasteiger partial charge is 0.0590 e. The Balaban J connectivity index is 1.59. The topological polar surface area (TPSA) is 21.3 Å². The van der Waals surface area contributed by atoms with Crippen LogP contribution in [0.4, 0.5) is 0 Å². The molecule has 2 heteroatoms. The summed E-state index contributed by atoms with van der Waals surface area (Å²) in [6.07, 6.45) is 7.19. The van der Waals surface area contributed by atoms with Gasteiger partial charge in [-0.1, -0.05) is 6.92 Å². The van der Waals surface area contributed by atoms with Crippen LogP contribution < -0.4 is 5.32 Å². The molecule has 0 amide bonds. The second kappa shape index (κ2) is 4.43. The second-order valence-electron chi connectivity index (χ2n) is 4.47. The van der Waals surface area contributed by atoms with Crippen LogP contribution in [0.25, 0.3) is 0 Å². The molecule has 0 aromatic carbocycles. The van der Waals surface area contributed by atoms with Crippen molar-refractivity contribution in [3.8, 4) is 0 Å². The van der Waals surface area contributed by atoms with Crippen LogP contribution in [0.15, 0.2) is 0 Å². The molecular weight excluding hydrogens is 162 g/mol. The molecule has 0 aliphatic heterocycles. The van der Waals surface area contributed by atoms with E-state index in [2.05, 4.69) is 12.2 Å². The third-order valence-corrected chi connectivity index (χ3v) is 3.14. The van der Waals surface area contributed by atoms with E-state index in [0.29, 0.717) is 6.10 Å². The minimum Gasteiger partial charge on any atom is -0.378 e. The predicted molar refractivity (Wildman–Crippen MR) is 53.8 cm³/mol. The van der Waals surface area contributed by atoms with Crippen molar-refractivity contribution in [1.82, 2.24) is 5.32 Å². The van der Waals surface area contributed by atoms with Crippen molar-refractivity contribution in [2.45, 2.75) is 51.2 Å². The van der Waals surface area contributed by atoms with Gasteiger partial charge >= 0.3 is 0 Å². The molecule has 2 nitrogen and oxygen atoms in total. The third kappa shape index (κ3) is 2.96. The molecule has 2 rings (SSSR count). The highest BCUT2D eigenvalue weighted by Crippen LogP contribution is 2.31. The molecule has 2 saturated carbocycles. The van der Waals surface area contributed by atoms with Crippen molar-refractivity contribution in [2.24, 2.45) is 5.92 Å². The van der Waals surface area contributed by atoms with E-state index in [9.17, 15) is 0 Å². The maximum atomic E-state index is 5.86. The zero-order valence-electron chi connectivity index (χ0n) is 8.59. The van der Waals surface area contributed by atoms with Gasteiger partial charge in [0.1, 0.15) is 0 Å². The highest BCUT2D eigenvalue weighted by Gasteiger charge is 2.27. The molecule has 1 N–H and O–H groups in total. The van der Waals surface area contributed by atoms with Crippen LogP contribution in [0.5, 0.6) is 0 Å². The SMILES string of the molecule is CCNC1CCC(OCC2CC2)C1. The monoisotopic (exact) mass is 183 g/mol. The first-order chi connectivity index (χ1) is 6.38. The zero-order chi connectivity index (χ0) is 9.10. The lowest BCUT2D eigenvalue weighted by Crippen LogP contribution is -2.26. The van der Waals surface area contributed by atoms with Gasteiger partial charge in [-0.15, -0.1) is 0 Å². The maximum Gasteiger partial charge on any atom is 0.0590 e. The van der Waals surface area contributed by atoms with Crippen LogP contribution in [0.3, 0.4) is 0 Å². The van der Waals surface area contributed by atoms with Crippen molar-refractivity contribution < 1.29 is 4.74 Å². The van der Waals surface area contributed by atoms with E-state index in [-0.39, 0.29) is 0 Å². The molecule has 13 heavy (non-hydrogen) atoms. The third-order valence-electron chi connectivity index (χ3n) is 3.14. The van der Waals surface area contributed by atoms with E-state index in [1.807, 2.05) is 0 Å². The Labute approximate surface area is 81.0 Å². The Hall–Kier alpha value is -0.0800. The summed E-state index contributed by atoms with van der Waals surface area (Å²) in [7, 11) is 0. The van der Waals surface area contributed by atoms with Gasteiger partial charge in [-0.25, -0.2) is 0 Å². The quantitative estimate of drug-likeness (QED) is 0.703. The van der Waals surface area contributed by atoms with Crippen LogP contribution in [-0.2, 0) is 4.74 Å². The zero-order valence-corrected chi connectivity index (χ0v) is 8.59. The minimum absolute atomic E-state index is 0.560. The van der Waals surface area contributed by atoms with E-state index in [4.69, 9.17) is 4.74 Å². The first-order valence-corrected chi connectivity index (χ1v) is 5.73. The fraction of sp³-hybridized carbons (Fsp3) is 1.00. The molecule has 0 spiro atoms. The lowest BCUT2D eigenvalue weighted by atomic mass is 10.2. The Morgan fingerprint density at radius 3 is 2.77 bits per heavy atom. The summed E-state index contributed by atoms with van der Waals surface area (Å²) in [5, 5.41) is 3.50. The highest BCUT2D eigenvalue weighted by molar-refractivity contribution is 4.82. The van der Waals surface area contributed by atoms with Crippen molar-refractivity contribution >= 4 is 0 Å². The van der Waals surface area contributed by atoms with Crippen LogP contribution in [0.2, 0.25) is 0 Å². The lowest BCUT2D eigenvalue weighted by Gasteiger charge is -2.12. The molecule has 76 valence electrons. The predicted octanol–water partition coefficient (Wildman–Crippen LogP) is 1.94. The maximum absolute atomic E-state index is 5.86. The van der Waals surface area contributed by atoms with Crippen LogP contribution in [0.1, 0.15) is 39.0 Å². The highest BCUT2D eigenvalue weighted by atomic mass is 16.5. The standard InChI is InChI=1S/C11H21NO/c1-2-12-10-5-6-11(7-10)13-8-9-3-4-9/h9-12H,2-8H2,1H3. The summed E-state index contributed by atoms with van der Waals surface area (Å²) in [4.78, 5) is 0. The van der Waals surface area contributed by atoms with Gasteiger partial charge < -0.3 is 10.1 Å². The molecule has 0 radical (unpaired) electrons. The number of ether oxygens (including phenoxy) is 1. The summed E-state index contributed by atoms with van der Waals surface area (Å²) in [6.45, 7) is 4.31. The molecule has 0 saturated heterocycles. The molecule has 2 fully saturated rings. The van der Waals surface area contributed by atoms with Crippen molar-refractivity contribution in [1.29, 1.82) is 0 Å². The van der Waals surface area contributed by atoms with E-state index in [1.165, 1.54) is 32.1 Å². The van der Waals surface area contributed by atoms with Gasteiger partial charge in [-0.2, -0.15) is 0 Å². The van der Waals surface area contributed by atoms with Gasteiger partial charge in [0.15, 0.2) is 0 Å². The second-order valence-corrected chi connectivity index (χ2v) is 4.47. The first-order valence-electron chi connectivity index (χ1n) is 5.73. The molecule has 0 heterocycles. The van der Waals surface area contributed by atoms with Crippen LogP contribution in [-0.4, -0.2) is 25.3 Å². The van der Waals surface area contributed by atoms with Gasteiger partial charge in [0, 0.05) is 12.6 Å². The van der Waals surface area contributed by atoms with Crippen LogP contribution in [0, 0.1) is 5.92 Å². The molecule has 2 aliphatic rings. The van der Waals surface area contributed by atoms with E-state index < -0.39 is 0 Å². The normalized spacial score (nSPS) is 33.9. The summed E-state index contributed by atoms with van der Waals surface area (Å²) >= 11 is 0. The molecule has 2 aliphatic carbocycles.